The lowest BCUT2D eigenvalue weighted by atomic mass is 10.2. The van der Waals surface area contributed by atoms with Gasteiger partial charge in [-0.1, -0.05) is 6.07 Å². The van der Waals surface area contributed by atoms with Gasteiger partial charge in [0, 0.05) is 37.8 Å². The van der Waals surface area contributed by atoms with E-state index in [1.165, 1.54) is 4.88 Å². The zero-order chi connectivity index (χ0) is 16.2. The van der Waals surface area contributed by atoms with E-state index in [4.69, 9.17) is 0 Å². The van der Waals surface area contributed by atoms with Crippen LogP contribution in [-0.2, 0) is 25.3 Å². The fourth-order valence-corrected chi connectivity index (χ4v) is 3.22. The second kappa shape index (κ2) is 6.78. The summed E-state index contributed by atoms with van der Waals surface area (Å²) in [5, 5.41) is 13.6. The molecule has 0 aromatic carbocycles. The third kappa shape index (κ3) is 3.68. The van der Waals surface area contributed by atoms with Crippen LogP contribution in [0.3, 0.4) is 0 Å². The summed E-state index contributed by atoms with van der Waals surface area (Å²) in [5.41, 5.74) is 2.33. The van der Waals surface area contributed by atoms with Crippen LogP contribution in [0.25, 0.3) is 11.4 Å². The number of aromatic nitrogens is 4. The summed E-state index contributed by atoms with van der Waals surface area (Å²) in [4.78, 5) is 13.5. The number of aryl methyl sites for hydroxylation is 3. The summed E-state index contributed by atoms with van der Waals surface area (Å²) >= 11 is 1.73. The predicted molar refractivity (Wildman–Crippen MR) is 91.3 cm³/mol. The van der Waals surface area contributed by atoms with Crippen LogP contribution in [-0.4, -0.2) is 25.5 Å². The van der Waals surface area contributed by atoms with Crippen molar-refractivity contribution in [3.63, 3.8) is 0 Å². The van der Waals surface area contributed by atoms with E-state index in [1.54, 1.807) is 26.9 Å². The normalized spacial score (nSPS) is 10.9. The highest BCUT2D eigenvalue weighted by Gasteiger charge is 2.15. The number of nitrogens with one attached hydrogen (secondary N) is 1. The lowest BCUT2D eigenvalue weighted by Gasteiger charge is -2.05. The van der Waals surface area contributed by atoms with Gasteiger partial charge < -0.3 is 5.32 Å². The van der Waals surface area contributed by atoms with Gasteiger partial charge in [0.25, 0.3) is 0 Å². The number of rotatable bonds is 6. The van der Waals surface area contributed by atoms with Gasteiger partial charge in [0.1, 0.15) is 5.69 Å². The molecule has 0 bridgehead atoms. The molecule has 3 heterocycles. The molecule has 0 saturated carbocycles. The summed E-state index contributed by atoms with van der Waals surface area (Å²) in [7, 11) is 3.70. The molecular formula is C16H19N5OS. The van der Waals surface area contributed by atoms with Crippen LogP contribution in [0, 0.1) is 0 Å². The van der Waals surface area contributed by atoms with Crippen molar-refractivity contribution in [2.75, 3.05) is 5.32 Å². The van der Waals surface area contributed by atoms with E-state index in [1.807, 2.05) is 32.4 Å². The lowest BCUT2D eigenvalue weighted by Crippen LogP contribution is -2.12. The Bertz CT molecular complexity index is 787. The van der Waals surface area contributed by atoms with E-state index in [-0.39, 0.29) is 5.91 Å². The van der Waals surface area contributed by atoms with Crippen LogP contribution >= 0.6 is 11.3 Å². The number of hydrogen-bond acceptors (Lipinski definition) is 4. The van der Waals surface area contributed by atoms with Gasteiger partial charge in [-0.2, -0.15) is 10.2 Å². The first-order valence-electron chi connectivity index (χ1n) is 7.48. The summed E-state index contributed by atoms with van der Waals surface area (Å²) in [5.74, 6) is 0.0120. The van der Waals surface area contributed by atoms with Gasteiger partial charge in [0.05, 0.1) is 11.4 Å². The minimum absolute atomic E-state index is 0.0120. The van der Waals surface area contributed by atoms with E-state index in [0.29, 0.717) is 6.42 Å². The smallest absolute Gasteiger partial charge is 0.224 e. The first-order chi connectivity index (χ1) is 11.1. The molecule has 3 aromatic heterocycles. The monoisotopic (exact) mass is 329 g/mol. The predicted octanol–water partition coefficient (Wildman–Crippen LogP) is 2.84. The van der Waals surface area contributed by atoms with Crippen LogP contribution in [0.15, 0.2) is 36.0 Å². The second-order valence-corrected chi connectivity index (χ2v) is 6.42. The Hall–Kier alpha value is -2.41. The third-order valence-corrected chi connectivity index (χ3v) is 4.51. The molecule has 0 aliphatic heterocycles. The number of amides is 1. The fourth-order valence-electron chi connectivity index (χ4n) is 2.47. The molecule has 7 heteroatoms. The maximum Gasteiger partial charge on any atom is 0.224 e. The Morgan fingerprint density at radius 3 is 2.91 bits per heavy atom. The number of carbonyl (C=O) groups excluding carboxylic acids is 1. The Balaban J connectivity index is 1.63. The highest BCUT2D eigenvalue weighted by atomic mass is 32.1. The highest BCUT2D eigenvalue weighted by Crippen LogP contribution is 2.25. The molecule has 120 valence electrons. The first kappa shape index (κ1) is 15.5. The van der Waals surface area contributed by atoms with Gasteiger partial charge in [-0.3, -0.25) is 14.2 Å². The van der Waals surface area contributed by atoms with Crippen molar-refractivity contribution in [1.82, 2.24) is 19.6 Å². The minimum atomic E-state index is 0.0120. The topological polar surface area (TPSA) is 64.7 Å². The zero-order valence-electron chi connectivity index (χ0n) is 13.2. The molecule has 23 heavy (non-hydrogen) atoms. The molecule has 0 unspecified atom stereocenters. The van der Waals surface area contributed by atoms with E-state index >= 15 is 0 Å². The van der Waals surface area contributed by atoms with Gasteiger partial charge in [-0.15, -0.1) is 11.3 Å². The third-order valence-electron chi connectivity index (χ3n) is 3.57. The average molecular weight is 329 g/mol. The number of carbonyl (C=O) groups is 1. The molecule has 0 radical (unpaired) electrons. The average Bonchev–Trinajstić information content (AvgIpc) is 3.21. The van der Waals surface area contributed by atoms with E-state index in [9.17, 15) is 4.79 Å². The summed E-state index contributed by atoms with van der Waals surface area (Å²) in [6.45, 7) is 0. The van der Waals surface area contributed by atoms with Crippen molar-refractivity contribution in [3.05, 3.63) is 40.8 Å². The molecule has 0 fully saturated rings. The van der Waals surface area contributed by atoms with Crippen molar-refractivity contribution in [2.24, 2.45) is 14.1 Å². The van der Waals surface area contributed by atoms with Crippen LogP contribution < -0.4 is 5.32 Å². The van der Waals surface area contributed by atoms with Crippen molar-refractivity contribution in [3.8, 4) is 11.4 Å². The summed E-state index contributed by atoms with van der Waals surface area (Å²) < 4.78 is 3.44. The molecule has 1 amide bonds. The number of hydrogen-bond donors (Lipinski definition) is 1. The van der Waals surface area contributed by atoms with Crippen molar-refractivity contribution in [2.45, 2.75) is 19.3 Å². The van der Waals surface area contributed by atoms with Crippen molar-refractivity contribution in [1.29, 1.82) is 0 Å². The molecule has 6 nitrogen and oxygen atoms in total. The Morgan fingerprint density at radius 1 is 1.35 bits per heavy atom. The van der Waals surface area contributed by atoms with Crippen molar-refractivity contribution < 1.29 is 4.79 Å². The summed E-state index contributed by atoms with van der Waals surface area (Å²) in [6, 6.07) is 6.02. The van der Waals surface area contributed by atoms with Crippen LogP contribution in [0.1, 0.15) is 17.7 Å². The van der Waals surface area contributed by atoms with Gasteiger partial charge >= 0.3 is 0 Å². The molecule has 3 aromatic rings. The number of anilines is 1. The van der Waals surface area contributed by atoms with Crippen LogP contribution in [0.5, 0.6) is 0 Å². The van der Waals surface area contributed by atoms with Gasteiger partial charge in [-0.05, 0) is 30.4 Å². The maximum absolute atomic E-state index is 12.2. The SMILES string of the molecule is Cn1cc(NC(=O)CCCc2cccs2)c(-c2ccnn2C)n1. The highest BCUT2D eigenvalue weighted by molar-refractivity contribution is 7.09. The molecule has 1 N–H and O–H groups in total. The van der Waals surface area contributed by atoms with Gasteiger partial charge in [-0.25, -0.2) is 0 Å². The first-order valence-corrected chi connectivity index (χ1v) is 8.35. The maximum atomic E-state index is 12.2. The molecule has 0 spiro atoms. The molecule has 0 aliphatic rings. The van der Waals surface area contributed by atoms with E-state index in [0.717, 1.165) is 29.9 Å². The molecular weight excluding hydrogens is 310 g/mol. The molecule has 3 rings (SSSR count). The zero-order valence-corrected chi connectivity index (χ0v) is 14.0. The fraction of sp³-hybridized carbons (Fsp3) is 0.312. The standard InChI is InChI=1S/C16H19N5OS/c1-20-11-13(16(19-20)14-8-9-17-21(14)2)18-15(22)7-3-5-12-6-4-10-23-12/h4,6,8-11H,3,5,7H2,1-2H3,(H,18,22). The molecule has 0 atom stereocenters. The van der Waals surface area contributed by atoms with Crippen LogP contribution in [0.2, 0.25) is 0 Å². The minimum Gasteiger partial charge on any atom is -0.323 e. The lowest BCUT2D eigenvalue weighted by molar-refractivity contribution is -0.116. The Labute approximate surface area is 138 Å². The quantitative estimate of drug-likeness (QED) is 0.756. The van der Waals surface area contributed by atoms with Crippen LogP contribution in [0.4, 0.5) is 5.69 Å². The largest absolute Gasteiger partial charge is 0.323 e. The van der Waals surface area contributed by atoms with Gasteiger partial charge in [0.15, 0.2) is 0 Å². The molecule has 0 saturated heterocycles. The number of thiophene rings is 1. The Morgan fingerprint density at radius 2 is 2.22 bits per heavy atom. The summed E-state index contributed by atoms with van der Waals surface area (Å²) in [6.07, 6.45) is 5.81. The van der Waals surface area contributed by atoms with Crippen molar-refractivity contribution >= 4 is 22.9 Å². The van der Waals surface area contributed by atoms with Gasteiger partial charge in [0.2, 0.25) is 5.91 Å². The Kier molecular flexibility index (Phi) is 4.57. The van der Waals surface area contributed by atoms with E-state index in [2.05, 4.69) is 27.0 Å². The number of nitrogens with zero attached hydrogens (tertiary/aromatic N) is 4. The molecule has 0 aliphatic carbocycles. The van der Waals surface area contributed by atoms with E-state index < -0.39 is 0 Å². The second-order valence-electron chi connectivity index (χ2n) is 5.39.